The molecule has 0 amide bonds. The van der Waals surface area contributed by atoms with Crippen LogP contribution in [-0.2, 0) is 23.8 Å². The van der Waals surface area contributed by atoms with Gasteiger partial charge in [-0.25, -0.2) is 0 Å². The lowest BCUT2D eigenvalue weighted by molar-refractivity contribution is -0.163. The molecule has 0 saturated heterocycles. The highest BCUT2D eigenvalue weighted by Gasteiger charge is 2.17. The Hall–Kier alpha value is -3.96. The van der Waals surface area contributed by atoms with Gasteiger partial charge in [-0.2, -0.15) is 0 Å². The fourth-order valence-corrected chi connectivity index (χ4v) is 7.10. The van der Waals surface area contributed by atoms with Crippen LogP contribution in [0.25, 0.3) is 0 Å². The predicted molar refractivity (Wildman–Crippen MR) is 297 cm³/mol. The molecule has 0 aromatic heterocycles. The van der Waals surface area contributed by atoms with Crippen molar-refractivity contribution in [1.82, 2.24) is 0 Å². The summed E-state index contributed by atoms with van der Waals surface area (Å²) in [7, 11) is 0. The molecule has 384 valence electrons. The molecule has 0 heterocycles. The number of esters is 2. The Labute approximate surface area is 419 Å². The maximum absolute atomic E-state index is 12.8. The lowest BCUT2D eigenvalue weighted by atomic mass is 10.1. The van der Waals surface area contributed by atoms with Gasteiger partial charge in [-0.1, -0.05) is 219 Å². The van der Waals surface area contributed by atoms with Gasteiger partial charge in [-0.05, 0) is 128 Å². The number of hydrogen-bond acceptors (Lipinski definition) is 5. The van der Waals surface area contributed by atoms with Gasteiger partial charge in [0.2, 0.25) is 0 Å². The first-order valence-corrected chi connectivity index (χ1v) is 27.7. The van der Waals surface area contributed by atoms with Gasteiger partial charge in [0, 0.05) is 19.4 Å². The molecular weight excluding hydrogens is 837 g/mol. The van der Waals surface area contributed by atoms with Crippen LogP contribution in [0.5, 0.6) is 0 Å². The zero-order chi connectivity index (χ0) is 49.2. The summed E-state index contributed by atoms with van der Waals surface area (Å²) in [5.41, 5.74) is 0. The second-order valence-electron chi connectivity index (χ2n) is 17.7. The van der Waals surface area contributed by atoms with E-state index in [0.29, 0.717) is 19.4 Å². The first-order chi connectivity index (χ1) is 33.6. The summed E-state index contributed by atoms with van der Waals surface area (Å²) in [6.07, 6.45) is 81.8. The molecule has 1 unspecified atom stereocenters. The molecule has 68 heavy (non-hydrogen) atoms. The van der Waals surface area contributed by atoms with Crippen LogP contribution in [0.15, 0.2) is 134 Å². The van der Waals surface area contributed by atoms with E-state index in [1.54, 1.807) is 0 Å². The van der Waals surface area contributed by atoms with Crippen LogP contribution in [0.2, 0.25) is 0 Å². The number of hydrogen-bond donors (Lipinski definition) is 0. The summed E-state index contributed by atoms with van der Waals surface area (Å²) >= 11 is 0. The highest BCUT2D eigenvalue weighted by molar-refractivity contribution is 5.70. The van der Waals surface area contributed by atoms with Crippen LogP contribution in [0.3, 0.4) is 0 Å². The normalized spacial score (nSPS) is 13.3. The van der Waals surface area contributed by atoms with Crippen molar-refractivity contribution in [2.45, 2.75) is 232 Å². The summed E-state index contributed by atoms with van der Waals surface area (Å²) in [5.74, 6) is -0.494. The molecule has 0 bridgehead atoms. The quantitative estimate of drug-likeness (QED) is 0.0345. The van der Waals surface area contributed by atoms with Crippen molar-refractivity contribution in [3.8, 4) is 0 Å². The van der Waals surface area contributed by atoms with Crippen LogP contribution in [0, 0.1) is 0 Å². The molecule has 0 fully saturated rings. The number of unbranched alkanes of at least 4 members (excludes halogenated alkanes) is 16. The summed E-state index contributed by atoms with van der Waals surface area (Å²) in [6.45, 7) is 7.46. The van der Waals surface area contributed by atoms with Crippen LogP contribution in [-0.4, -0.2) is 37.9 Å². The van der Waals surface area contributed by atoms with Gasteiger partial charge < -0.3 is 14.2 Å². The molecule has 0 saturated carbocycles. The molecule has 5 nitrogen and oxygen atoms in total. The molecule has 0 aliphatic rings. The first-order valence-electron chi connectivity index (χ1n) is 27.7. The monoisotopic (exact) mass is 939 g/mol. The smallest absolute Gasteiger partial charge is 0.306 e. The molecule has 0 N–H and O–H groups in total. The minimum absolute atomic E-state index is 0.0370. The third-order valence-corrected chi connectivity index (χ3v) is 11.2. The summed E-state index contributed by atoms with van der Waals surface area (Å²) in [5, 5.41) is 0. The van der Waals surface area contributed by atoms with Crippen molar-refractivity contribution in [2.24, 2.45) is 0 Å². The molecular formula is C63H102O5. The van der Waals surface area contributed by atoms with Crippen LogP contribution in [0.4, 0.5) is 0 Å². The van der Waals surface area contributed by atoms with E-state index in [4.69, 9.17) is 14.2 Å². The zero-order valence-corrected chi connectivity index (χ0v) is 44.1. The topological polar surface area (TPSA) is 61.8 Å². The highest BCUT2D eigenvalue weighted by Crippen LogP contribution is 2.12. The molecule has 0 radical (unpaired) electrons. The first kappa shape index (κ1) is 64.0. The number of carbonyl (C=O) groups excluding carboxylic acids is 2. The van der Waals surface area contributed by atoms with E-state index in [1.807, 2.05) is 0 Å². The molecule has 0 aromatic rings. The van der Waals surface area contributed by atoms with E-state index in [0.717, 1.165) is 122 Å². The molecule has 0 spiro atoms. The highest BCUT2D eigenvalue weighted by atomic mass is 16.6. The Morgan fingerprint density at radius 3 is 1.10 bits per heavy atom. The molecule has 5 heteroatoms. The lowest BCUT2D eigenvalue weighted by Gasteiger charge is -2.18. The molecule has 0 aromatic carbocycles. The minimum atomic E-state index is -0.583. The average molecular weight is 940 g/mol. The van der Waals surface area contributed by atoms with Crippen molar-refractivity contribution in [3.63, 3.8) is 0 Å². The lowest BCUT2D eigenvalue weighted by Crippen LogP contribution is -2.30. The second-order valence-corrected chi connectivity index (χ2v) is 17.7. The number of ether oxygens (including phenoxy) is 3. The molecule has 1 atom stereocenters. The molecule has 0 aliphatic heterocycles. The molecule has 0 aliphatic carbocycles. The predicted octanol–water partition coefficient (Wildman–Crippen LogP) is 19.1. The van der Waals surface area contributed by atoms with E-state index >= 15 is 0 Å². The van der Waals surface area contributed by atoms with Gasteiger partial charge >= 0.3 is 11.9 Å². The largest absolute Gasteiger partial charge is 0.462 e. The van der Waals surface area contributed by atoms with Crippen molar-refractivity contribution in [1.29, 1.82) is 0 Å². The Kier molecular flexibility index (Phi) is 54.0. The maximum Gasteiger partial charge on any atom is 0.306 e. The SMILES string of the molecule is CC/C=C\C/C=C\C/C=C\C/C=C\C/C=C\CCCC(=O)OCC(COCCCCCCCCC/C=C\C/C=C\C/C=C\C/C=C\CC)OC(=O)CCCCCCC/C=C\C/C=C\CCCCC. The summed E-state index contributed by atoms with van der Waals surface area (Å²) in [4.78, 5) is 25.5. The second kappa shape index (κ2) is 57.4. The Morgan fingerprint density at radius 1 is 0.338 bits per heavy atom. The summed E-state index contributed by atoms with van der Waals surface area (Å²) < 4.78 is 17.4. The number of rotatable bonds is 49. The van der Waals surface area contributed by atoms with Crippen molar-refractivity contribution in [3.05, 3.63) is 134 Å². The standard InChI is InChI=1S/C63H102O5/c1-4-7-10-13-16-19-22-25-28-30-31-32-34-37-40-43-46-49-52-55-58-66-59-61(68-63(65)57-54-51-48-45-42-39-35-27-24-21-18-15-12-9-6-3)60-67-62(64)56-53-50-47-44-41-38-36-33-29-26-23-20-17-14-11-8-5-2/h7-8,10-11,16-21,25-29,31-32,35-36,38,44,47,61H,4-6,9,12-15,22-24,30,33-34,37,39-43,45-46,48-60H2,1-3H3/b10-7-,11-8-,19-16-,20-17-,21-18-,28-25-,29-26-,32-31-,35-27-,38-36-,47-44-. The van der Waals surface area contributed by atoms with E-state index in [1.165, 1.54) is 70.6 Å². The fourth-order valence-electron chi connectivity index (χ4n) is 7.10. The Morgan fingerprint density at radius 2 is 0.676 bits per heavy atom. The third kappa shape index (κ3) is 54.6. The van der Waals surface area contributed by atoms with Crippen LogP contribution < -0.4 is 0 Å². The zero-order valence-electron chi connectivity index (χ0n) is 44.1. The van der Waals surface area contributed by atoms with Crippen LogP contribution in [0.1, 0.15) is 226 Å². The van der Waals surface area contributed by atoms with Gasteiger partial charge in [0.15, 0.2) is 6.10 Å². The van der Waals surface area contributed by atoms with Crippen molar-refractivity contribution < 1.29 is 23.8 Å². The van der Waals surface area contributed by atoms with Crippen molar-refractivity contribution >= 4 is 11.9 Å². The van der Waals surface area contributed by atoms with E-state index in [2.05, 4.69) is 154 Å². The Bertz CT molecular complexity index is 1430. The fraction of sp³-hybridized carbons (Fsp3) is 0.619. The minimum Gasteiger partial charge on any atom is -0.462 e. The average Bonchev–Trinajstić information content (AvgIpc) is 3.34. The van der Waals surface area contributed by atoms with E-state index < -0.39 is 6.10 Å². The van der Waals surface area contributed by atoms with Gasteiger partial charge in [-0.3, -0.25) is 9.59 Å². The molecule has 0 rings (SSSR count). The van der Waals surface area contributed by atoms with Gasteiger partial charge in [-0.15, -0.1) is 0 Å². The van der Waals surface area contributed by atoms with Gasteiger partial charge in [0.25, 0.3) is 0 Å². The van der Waals surface area contributed by atoms with E-state index in [-0.39, 0.29) is 25.2 Å². The van der Waals surface area contributed by atoms with Crippen LogP contribution >= 0.6 is 0 Å². The van der Waals surface area contributed by atoms with Gasteiger partial charge in [0.05, 0.1) is 6.61 Å². The Balaban J connectivity index is 4.43. The van der Waals surface area contributed by atoms with Crippen molar-refractivity contribution in [2.75, 3.05) is 19.8 Å². The third-order valence-electron chi connectivity index (χ3n) is 11.2. The van der Waals surface area contributed by atoms with E-state index in [9.17, 15) is 9.59 Å². The number of carbonyl (C=O) groups is 2. The summed E-state index contributed by atoms with van der Waals surface area (Å²) in [6, 6.07) is 0. The van der Waals surface area contributed by atoms with Gasteiger partial charge in [0.1, 0.15) is 6.61 Å². The maximum atomic E-state index is 12.8. The number of allylic oxidation sites excluding steroid dienone is 22.